The maximum atomic E-state index is 3.83. The van der Waals surface area contributed by atoms with Gasteiger partial charge in [0.15, 0.2) is 0 Å². The first kappa shape index (κ1) is 15.5. The van der Waals surface area contributed by atoms with Gasteiger partial charge >= 0.3 is 0 Å². The molecule has 2 fully saturated rings. The molecule has 0 radical (unpaired) electrons. The zero-order valence-corrected chi connectivity index (χ0v) is 14.2. The van der Waals surface area contributed by atoms with Gasteiger partial charge in [0.1, 0.15) is 0 Å². The van der Waals surface area contributed by atoms with Crippen LogP contribution in [0.15, 0.2) is 17.5 Å². The standard InChI is InChI=1S/C18H30N2S/c1-20(16-7-3-2-4-8-16)13-6-12-19-18(15-10-11-15)17-9-5-14-21-17/h5,9,14-16,18-19H,2-4,6-8,10-13H2,1H3. The summed E-state index contributed by atoms with van der Waals surface area (Å²) in [7, 11) is 2.33. The van der Waals surface area contributed by atoms with Gasteiger partial charge in [-0.05, 0) is 69.6 Å². The van der Waals surface area contributed by atoms with Gasteiger partial charge in [0.25, 0.3) is 0 Å². The van der Waals surface area contributed by atoms with Crippen LogP contribution in [0.2, 0.25) is 0 Å². The Morgan fingerprint density at radius 3 is 2.71 bits per heavy atom. The molecule has 0 spiro atoms. The largest absolute Gasteiger partial charge is 0.309 e. The third kappa shape index (κ3) is 4.54. The highest BCUT2D eigenvalue weighted by Gasteiger charge is 2.32. The highest BCUT2D eigenvalue weighted by Crippen LogP contribution is 2.42. The molecule has 2 saturated carbocycles. The Kier molecular flexibility index (Phi) is 5.73. The molecule has 0 aromatic carbocycles. The van der Waals surface area contributed by atoms with Crippen LogP contribution in [-0.2, 0) is 0 Å². The average Bonchev–Trinajstić information content (AvgIpc) is 3.22. The topological polar surface area (TPSA) is 15.3 Å². The van der Waals surface area contributed by atoms with Gasteiger partial charge in [-0.25, -0.2) is 0 Å². The Bertz CT molecular complexity index is 393. The quantitative estimate of drug-likeness (QED) is 0.714. The van der Waals surface area contributed by atoms with Crippen molar-refractivity contribution in [2.45, 2.75) is 63.5 Å². The van der Waals surface area contributed by atoms with Gasteiger partial charge in [-0.3, -0.25) is 0 Å². The van der Waals surface area contributed by atoms with E-state index < -0.39 is 0 Å². The van der Waals surface area contributed by atoms with Gasteiger partial charge < -0.3 is 10.2 Å². The van der Waals surface area contributed by atoms with Gasteiger partial charge in [-0.2, -0.15) is 0 Å². The summed E-state index contributed by atoms with van der Waals surface area (Å²) in [4.78, 5) is 4.15. The molecule has 3 rings (SSSR count). The SMILES string of the molecule is CN(CCCNC(c1cccs1)C1CC1)C1CCCCC1. The monoisotopic (exact) mass is 306 g/mol. The highest BCUT2D eigenvalue weighted by atomic mass is 32.1. The second kappa shape index (κ2) is 7.75. The Hall–Kier alpha value is -0.380. The smallest absolute Gasteiger partial charge is 0.0443 e. The van der Waals surface area contributed by atoms with Gasteiger partial charge in [0, 0.05) is 17.0 Å². The summed E-state index contributed by atoms with van der Waals surface area (Å²) in [6.45, 7) is 2.41. The van der Waals surface area contributed by atoms with Crippen molar-refractivity contribution >= 4 is 11.3 Å². The zero-order valence-electron chi connectivity index (χ0n) is 13.4. The number of nitrogens with one attached hydrogen (secondary N) is 1. The summed E-state index contributed by atoms with van der Waals surface area (Å²) in [6, 6.07) is 5.98. The van der Waals surface area contributed by atoms with E-state index in [9.17, 15) is 0 Å². The first-order valence-corrected chi connectivity index (χ1v) is 9.69. The fourth-order valence-corrected chi connectivity index (χ4v) is 4.58. The zero-order chi connectivity index (χ0) is 14.5. The van der Waals surface area contributed by atoms with Crippen LogP contribution in [0.4, 0.5) is 0 Å². The number of nitrogens with zero attached hydrogens (tertiary/aromatic N) is 1. The lowest BCUT2D eigenvalue weighted by Crippen LogP contribution is -2.35. The van der Waals surface area contributed by atoms with E-state index in [-0.39, 0.29) is 0 Å². The molecule has 0 aliphatic heterocycles. The number of thiophene rings is 1. The van der Waals surface area contributed by atoms with Crippen LogP contribution in [-0.4, -0.2) is 31.1 Å². The molecule has 21 heavy (non-hydrogen) atoms. The minimum atomic E-state index is 0.630. The number of hydrogen-bond acceptors (Lipinski definition) is 3. The first-order chi connectivity index (χ1) is 10.3. The minimum Gasteiger partial charge on any atom is -0.309 e. The average molecular weight is 307 g/mol. The molecule has 0 saturated heterocycles. The van der Waals surface area contributed by atoms with Crippen LogP contribution in [0.1, 0.15) is 62.3 Å². The lowest BCUT2D eigenvalue weighted by Gasteiger charge is -2.31. The van der Waals surface area contributed by atoms with Crippen LogP contribution in [0, 0.1) is 5.92 Å². The van der Waals surface area contributed by atoms with E-state index in [4.69, 9.17) is 0 Å². The maximum absolute atomic E-state index is 3.83. The molecule has 1 atom stereocenters. The second-order valence-corrected chi connectivity index (χ2v) is 7.89. The normalized spacial score (nSPS) is 21.8. The summed E-state index contributed by atoms with van der Waals surface area (Å²) in [5.74, 6) is 0.903. The van der Waals surface area contributed by atoms with Gasteiger partial charge in [-0.1, -0.05) is 25.3 Å². The van der Waals surface area contributed by atoms with E-state index in [1.54, 1.807) is 0 Å². The fraction of sp³-hybridized carbons (Fsp3) is 0.778. The fourth-order valence-electron chi connectivity index (χ4n) is 3.69. The summed E-state index contributed by atoms with van der Waals surface area (Å²) < 4.78 is 0. The minimum absolute atomic E-state index is 0.630. The number of rotatable bonds is 8. The second-order valence-electron chi connectivity index (χ2n) is 6.91. The Labute approximate surface area is 133 Å². The van der Waals surface area contributed by atoms with E-state index in [0.717, 1.165) is 18.5 Å². The van der Waals surface area contributed by atoms with Crippen LogP contribution in [0.5, 0.6) is 0 Å². The van der Waals surface area contributed by atoms with Crippen molar-refractivity contribution < 1.29 is 0 Å². The summed E-state index contributed by atoms with van der Waals surface area (Å²) in [5, 5.41) is 6.04. The lowest BCUT2D eigenvalue weighted by molar-refractivity contribution is 0.189. The Morgan fingerprint density at radius 1 is 1.24 bits per heavy atom. The molecule has 1 aromatic rings. The molecule has 118 valence electrons. The first-order valence-electron chi connectivity index (χ1n) is 8.81. The maximum Gasteiger partial charge on any atom is 0.0443 e. The molecule has 1 heterocycles. The van der Waals surface area contributed by atoms with Crippen molar-refractivity contribution in [2.24, 2.45) is 5.92 Å². The van der Waals surface area contributed by atoms with Crippen molar-refractivity contribution in [3.63, 3.8) is 0 Å². The van der Waals surface area contributed by atoms with E-state index in [1.807, 2.05) is 11.3 Å². The van der Waals surface area contributed by atoms with Crippen LogP contribution < -0.4 is 5.32 Å². The van der Waals surface area contributed by atoms with Gasteiger partial charge in [-0.15, -0.1) is 11.3 Å². The molecular weight excluding hydrogens is 276 g/mol. The van der Waals surface area contributed by atoms with E-state index in [0.29, 0.717) is 6.04 Å². The number of hydrogen-bond donors (Lipinski definition) is 1. The van der Waals surface area contributed by atoms with Crippen LogP contribution in [0.3, 0.4) is 0 Å². The van der Waals surface area contributed by atoms with Crippen molar-refractivity contribution in [1.82, 2.24) is 10.2 Å². The molecule has 0 amide bonds. The summed E-state index contributed by atoms with van der Waals surface area (Å²) in [6.07, 6.45) is 11.3. The van der Waals surface area contributed by atoms with E-state index >= 15 is 0 Å². The van der Waals surface area contributed by atoms with Crippen molar-refractivity contribution in [3.05, 3.63) is 22.4 Å². The Morgan fingerprint density at radius 2 is 2.05 bits per heavy atom. The van der Waals surface area contributed by atoms with Crippen LogP contribution >= 0.6 is 11.3 Å². The van der Waals surface area contributed by atoms with Crippen LogP contribution in [0.25, 0.3) is 0 Å². The third-order valence-electron chi connectivity index (χ3n) is 5.19. The summed E-state index contributed by atoms with van der Waals surface area (Å²) >= 11 is 1.91. The Balaban J connectivity index is 1.37. The summed E-state index contributed by atoms with van der Waals surface area (Å²) in [5.41, 5.74) is 0. The van der Waals surface area contributed by atoms with Gasteiger partial charge in [0.2, 0.25) is 0 Å². The third-order valence-corrected chi connectivity index (χ3v) is 6.15. The molecule has 0 bridgehead atoms. The molecule has 3 heteroatoms. The van der Waals surface area contributed by atoms with Crippen molar-refractivity contribution in [3.8, 4) is 0 Å². The molecular formula is C18H30N2S. The van der Waals surface area contributed by atoms with E-state index in [1.165, 1.54) is 62.8 Å². The highest BCUT2D eigenvalue weighted by molar-refractivity contribution is 7.10. The predicted octanol–water partition coefficient (Wildman–Crippen LogP) is 4.44. The van der Waals surface area contributed by atoms with E-state index in [2.05, 4.69) is 34.8 Å². The lowest BCUT2D eigenvalue weighted by atomic mass is 9.94. The molecule has 1 unspecified atom stereocenters. The van der Waals surface area contributed by atoms with Crippen molar-refractivity contribution in [1.29, 1.82) is 0 Å². The van der Waals surface area contributed by atoms with Gasteiger partial charge in [0.05, 0.1) is 0 Å². The van der Waals surface area contributed by atoms with Crippen molar-refractivity contribution in [2.75, 3.05) is 20.1 Å². The molecule has 2 nitrogen and oxygen atoms in total. The predicted molar refractivity (Wildman–Crippen MR) is 91.9 cm³/mol. The molecule has 2 aliphatic rings. The molecule has 1 N–H and O–H groups in total. The molecule has 2 aliphatic carbocycles. The molecule has 1 aromatic heterocycles.